The third-order valence-corrected chi connectivity index (χ3v) is 5.70. The number of amides is 1. The average Bonchev–Trinajstić information content (AvgIpc) is 2.89. The Morgan fingerprint density at radius 1 is 1.37 bits per heavy atom. The highest BCUT2D eigenvalue weighted by molar-refractivity contribution is 7.99. The molecular formula is C15H24N2OS. The van der Waals surface area contributed by atoms with Crippen LogP contribution in [0.5, 0.6) is 0 Å². The van der Waals surface area contributed by atoms with E-state index in [1.165, 1.54) is 12.8 Å². The van der Waals surface area contributed by atoms with E-state index >= 15 is 0 Å². The summed E-state index contributed by atoms with van der Waals surface area (Å²) in [4.78, 5) is 12.4. The van der Waals surface area contributed by atoms with Crippen LogP contribution in [0.15, 0.2) is 0 Å². The van der Waals surface area contributed by atoms with Crippen LogP contribution in [0.4, 0.5) is 0 Å². The maximum atomic E-state index is 12.4. The van der Waals surface area contributed by atoms with Crippen LogP contribution < -0.4 is 5.32 Å². The van der Waals surface area contributed by atoms with Crippen molar-refractivity contribution in [2.45, 2.75) is 69.6 Å². The summed E-state index contributed by atoms with van der Waals surface area (Å²) in [6.07, 6.45) is 8.14. The highest BCUT2D eigenvalue weighted by Gasteiger charge is 2.42. The number of hydrogen-bond acceptors (Lipinski definition) is 3. The lowest BCUT2D eigenvalue weighted by atomic mass is 9.85. The number of hydrogen-bond donors (Lipinski definition) is 1. The minimum atomic E-state index is -0.717. The number of nitrogens with one attached hydrogen (secondary N) is 1. The predicted octanol–water partition coefficient (Wildman–Crippen LogP) is 3.25. The second-order valence-corrected chi connectivity index (χ2v) is 7.39. The van der Waals surface area contributed by atoms with E-state index in [2.05, 4.69) is 18.3 Å². The Morgan fingerprint density at radius 2 is 2.11 bits per heavy atom. The summed E-state index contributed by atoms with van der Waals surface area (Å²) >= 11 is 2.00. The SMILES string of the molecule is CCS[C@@H]1CCC[C@H](NC(=O)C2(C#N)CCCC2)C1. The quantitative estimate of drug-likeness (QED) is 0.860. The predicted molar refractivity (Wildman–Crippen MR) is 78.8 cm³/mol. The summed E-state index contributed by atoms with van der Waals surface area (Å²) in [6, 6.07) is 2.57. The first kappa shape index (κ1) is 14.7. The molecule has 0 aromatic carbocycles. The Hall–Kier alpha value is -0.690. The van der Waals surface area contributed by atoms with Gasteiger partial charge in [0.15, 0.2) is 0 Å². The molecule has 0 aliphatic heterocycles. The number of nitrogens with zero attached hydrogens (tertiary/aromatic N) is 1. The summed E-state index contributed by atoms with van der Waals surface area (Å²) in [6.45, 7) is 2.19. The molecule has 2 fully saturated rings. The molecule has 0 aromatic heterocycles. The molecule has 0 bridgehead atoms. The molecular weight excluding hydrogens is 256 g/mol. The van der Waals surface area contributed by atoms with Crippen molar-refractivity contribution in [3.63, 3.8) is 0 Å². The Morgan fingerprint density at radius 3 is 2.74 bits per heavy atom. The number of carbonyl (C=O) groups excluding carboxylic acids is 1. The first-order valence-corrected chi connectivity index (χ1v) is 8.59. The van der Waals surface area contributed by atoms with Crippen LogP contribution in [-0.2, 0) is 4.79 Å². The zero-order chi connectivity index (χ0) is 13.7. The highest BCUT2D eigenvalue weighted by Crippen LogP contribution is 2.38. The van der Waals surface area contributed by atoms with Gasteiger partial charge in [-0.1, -0.05) is 26.2 Å². The van der Waals surface area contributed by atoms with Crippen LogP contribution in [0, 0.1) is 16.7 Å². The van der Waals surface area contributed by atoms with Crippen LogP contribution in [0.25, 0.3) is 0 Å². The van der Waals surface area contributed by atoms with Crippen molar-refractivity contribution in [3.8, 4) is 6.07 Å². The topological polar surface area (TPSA) is 52.9 Å². The van der Waals surface area contributed by atoms with Crippen molar-refractivity contribution in [2.75, 3.05) is 5.75 Å². The third kappa shape index (κ3) is 3.45. The van der Waals surface area contributed by atoms with Gasteiger partial charge in [-0.15, -0.1) is 0 Å². The molecule has 3 nitrogen and oxygen atoms in total. The Bertz CT molecular complexity index is 356. The monoisotopic (exact) mass is 280 g/mol. The Kier molecular flexibility index (Phi) is 5.15. The molecule has 0 aromatic rings. The first-order valence-electron chi connectivity index (χ1n) is 7.54. The zero-order valence-corrected chi connectivity index (χ0v) is 12.6. The van der Waals surface area contributed by atoms with Crippen LogP contribution in [0.2, 0.25) is 0 Å². The lowest BCUT2D eigenvalue weighted by molar-refractivity contribution is -0.128. The molecule has 1 amide bonds. The van der Waals surface area contributed by atoms with Crippen molar-refractivity contribution in [1.29, 1.82) is 5.26 Å². The van der Waals surface area contributed by atoms with Gasteiger partial charge in [0.2, 0.25) is 5.91 Å². The van der Waals surface area contributed by atoms with E-state index in [0.29, 0.717) is 5.25 Å². The number of rotatable bonds is 4. The Labute approximate surface area is 120 Å². The van der Waals surface area contributed by atoms with E-state index < -0.39 is 5.41 Å². The summed E-state index contributed by atoms with van der Waals surface area (Å²) in [5.41, 5.74) is -0.717. The Balaban J connectivity index is 1.90. The van der Waals surface area contributed by atoms with Crippen LogP contribution >= 0.6 is 11.8 Å². The summed E-state index contributed by atoms with van der Waals surface area (Å²) in [7, 11) is 0. The molecule has 0 unspecified atom stereocenters. The largest absolute Gasteiger partial charge is 0.352 e. The van der Waals surface area contributed by atoms with Crippen LogP contribution in [-0.4, -0.2) is 23.0 Å². The van der Waals surface area contributed by atoms with Gasteiger partial charge in [-0.25, -0.2) is 0 Å². The lowest BCUT2D eigenvalue weighted by Crippen LogP contribution is -2.46. The van der Waals surface area contributed by atoms with Crippen molar-refractivity contribution < 1.29 is 4.79 Å². The molecule has 19 heavy (non-hydrogen) atoms. The minimum Gasteiger partial charge on any atom is -0.352 e. The van der Waals surface area contributed by atoms with Gasteiger partial charge in [0.25, 0.3) is 0 Å². The fourth-order valence-electron chi connectivity index (χ4n) is 3.35. The molecule has 2 atom stereocenters. The molecule has 2 saturated carbocycles. The van der Waals surface area contributed by atoms with Gasteiger partial charge in [0.1, 0.15) is 5.41 Å². The van der Waals surface area contributed by atoms with E-state index in [1.54, 1.807) is 0 Å². The first-order chi connectivity index (χ1) is 9.20. The van der Waals surface area contributed by atoms with Crippen LogP contribution in [0.3, 0.4) is 0 Å². The number of nitriles is 1. The van der Waals surface area contributed by atoms with Crippen molar-refractivity contribution in [1.82, 2.24) is 5.32 Å². The van der Waals surface area contributed by atoms with Gasteiger partial charge in [-0.3, -0.25) is 4.79 Å². The maximum absolute atomic E-state index is 12.4. The standard InChI is InChI=1S/C15H24N2OS/c1-2-19-13-7-5-6-12(10-13)17-14(18)15(11-16)8-3-4-9-15/h12-13H,2-10H2,1H3,(H,17,18)/t12-,13+/m0/s1. The molecule has 106 valence electrons. The maximum Gasteiger partial charge on any atom is 0.240 e. The molecule has 0 spiro atoms. The molecule has 1 N–H and O–H groups in total. The van der Waals surface area contributed by atoms with E-state index in [4.69, 9.17) is 0 Å². The van der Waals surface area contributed by atoms with E-state index in [-0.39, 0.29) is 11.9 Å². The smallest absolute Gasteiger partial charge is 0.240 e. The van der Waals surface area contributed by atoms with Crippen LogP contribution in [0.1, 0.15) is 58.3 Å². The molecule has 0 saturated heterocycles. The molecule has 2 aliphatic carbocycles. The average molecular weight is 280 g/mol. The highest BCUT2D eigenvalue weighted by atomic mass is 32.2. The van der Waals surface area contributed by atoms with Gasteiger partial charge in [0.05, 0.1) is 6.07 Å². The molecule has 2 aliphatic rings. The lowest BCUT2D eigenvalue weighted by Gasteiger charge is -2.31. The summed E-state index contributed by atoms with van der Waals surface area (Å²) in [5.74, 6) is 1.15. The van der Waals surface area contributed by atoms with E-state index in [1.807, 2.05) is 11.8 Å². The fourth-order valence-corrected chi connectivity index (χ4v) is 4.53. The van der Waals surface area contributed by atoms with Gasteiger partial charge < -0.3 is 5.32 Å². The van der Waals surface area contributed by atoms with Gasteiger partial charge in [-0.05, 0) is 37.9 Å². The summed E-state index contributed by atoms with van der Waals surface area (Å²) < 4.78 is 0. The van der Waals surface area contributed by atoms with Gasteiger partial charge >= 0.3 is 0 Å². The normalized spacial score (nSPS) is 29.7. The zero-order valence-electron chi connectivity index (χ0n) is 11.8. The van der Waals surface area contributed by atoms with Crippen molar-refractivity contribution in [2.24, 2.45) is 5.41 Å². The van der Waals surface area contributed by atoms with Crippen molar-refractivity contribution in [3.05, 3.63) is 0 Å². The number of thioether (sulfide) groups is 1. The third-order valence-electron chi connectivity index (χ3n) is 4.47. The second-order valence-electron chi connectivity index (χ2n) is 5.82. The molecule has 0 radical (unpaired) electrons. The molecule has 4 heteroatoms. The van der Waals surface area contributed by atoms with Crippen molar-refractivity contribution >= 4 is 17.7 Å². The molecule has 0 heterocycles. The van der Waals surface area contributed by atoms with Gasteiger partial charge in [-0.2, -0.15) is 17.0 Å². The summed E-state index contributed by atoms with van der Waals surface area (Å²) in [5, 5.41) is 13.2. The second kappa shape index (κ2) is 6.65. The number of carbonyl (C=O) groups is 1. The molecule has 2 rings (SSSR count). The fraction of sp³-hybridized carbons (Fsp3) is 0.867. The van der Waals surface area contributed by atoms with Gasteiger partial charge in [0, 0.05) is 11.3 Å². The minimum absolute atomic E-state index is 0.000325. The van der Waals surface area contributed by atoms with E-state index in [9.17, 15) is 10.1 Å². The van der Waals surface area contributed by atoms with E-state index in [0.717, 1.165) is 44.3 Å².